The van der Waals surface area contributed by atoms with Crippen molar-refractivity contribution < 1.29 is 8.42 Å². The molecule has 1 aliphatic rings. The predicted molar refractivity (Wildman–Crippen MR) is 71.5 cm³/mol. The van der Waals surface area contributed by atoms with Crippen molar-refractivity contribution in [3.8, 4) is 0 Å². The lowest BCUT2D eigenvalue weighted by atomic mass is 10.1. The van der Waals surface area contributed by atoms with Gasteiger partial charge < -0.3 is 5.32 Å². The number of hydrogen-bond acceptors (Lipinski definition) is 3. The van der Waals surface area contributed by atoms with E-state index in [0.29, 0.717) is 12.6 Å². The van der Waals surface area contributed by atoms with Gasteiger partial charge in [-0.15, -0.1) is 0 Å². The predicted octanol–water partition coefficient (Wildman–Crippen LogP) is 1.48. The average molecular weight is 262 g/mol. The van der Waals surface area contributed by atoms with Gasteiger partial charge in [-0.25, -0.2) is 13.1 Å². The van der Waals surface area contributed by atoms with Crippen molar-refractivity contribution >= 4 is 10.0 Å². The SMILES string of the molecule is CCC(CC1CC1)NS(=O)(=O)CCNC(C)C. The van der Waals surface area contributed by atoms with E-state index < -0.39 is 10.0 Å². The molecule has 2 N–H and O–H groups in total. The monoisotopic (exact) mass is 262 g/mol. The van der Waals surface area contributed by atoms with Crippen LogP contribution in [0.1, 0.15) is 46.5 Å². The summed E-state index contributed by atoms with van der Waals surface area (Å²) < 4.78 is 26.5. The molecule has 102 valence electrons. The van der Waals surface area contributed by atoms with Crippen molar-refractivity contribution in [3.63, 3.8) is 0 Å². The third kappa shape index (κ3) is 7.01. The molecule has 5 heteroatoms. The minimum atomic E-state index is -3.12. The van der Waals surface area contributed by atoms with Gasteiger partial charge in [-0.1, -0.05) is 33.6 Å². The minimum Gasteiger partial charge on any atom is -0.313 e. The lowest BCUT2D eigenvalue weighted by Gasteiger charge is -2.17. The summed E-state index contributed by atoms with van der Waals surface area (Å²) in [6.07, 6.45) is 4.43. The Morgan fingerprint density at radius 2 is 1.94 bits per heavy atom. The second-order valence-electron chi connectivity index (χ2n) is 5.33. The maximum Gasteiger partial charge on any atom is 0.213 e. The number of rotatable bonds is 9. The van der Waals surface area contributed by atoms with Crippen LogP contribution in [-0.2, 0) is 10.0 Å². The van der Waals surface area contributed by atoms with Crippen LogP contribution >= 0.6 is 0 Å². The van der Waals surface area contributed by atoms with E-state index in [1.165, 1.54) is 12.8 Å². The topological polar surface area (TPSA) is 58.2 Å². The maximum atomic E-state index is 11.8. The van der Waals surface area contributed by atoms with Crippen molar-refractivity contribution in [1.29, 1.82) is 0 Å². The van der Waals surface area contributed by atoms with E-state index >= 15 is 0 Å². The smallest absolute Gasteiger partial charge is 0.213 e. The van der Waals surface area contributed by atoms with Crippen molar-refractivity contribution in [2.45, 2.75) is 58.5 Å². The van der Waals surface area contributed by atoms with E-state index in [2.05, 4.69) is 10.0 Å². The van der Waals surface area contributed by atoms with Crippen LogP contribution in [-0.4, -0.2) is 32.8 Å². The molecule has 1 atom stereocenters. The Labute approximate surface area is 106 Å². The molecule has 0 aromatic rings. The van der Waals surface area contributed by atoms with Crippen LogP contribution in [0.3, 0.4) is 0 Å². The van der Waals surface area contributed by atoms with Gasteiger partial charge in [0.2, 0.25) is 10.0 Å². The summed E-state index contributed by atoms with van der Waals surface area (Å²) in [6, 6.07) is 0.463. The molecule has 1 rings (SSSR count). The summed E-state index contributed by atoms with van der Waals surface area (Å²) in [5.74, 6) is 0.934. The van der Waals surface area contributed by atoms with Gasteiger partial charge in [0, 0.05) is 18.6 Å². The molecule has 17 heavy (non-hydrogen) atoms. The molecule has 1 fully saturated rings. The number of hydrogen-bond donors (Lipinski definition) is 2. The summed E-state index contributed by atoms with van der Waals surface area (Å²) in [7, 11) is -3.12. The van der Waals surface area contributed by atoms with Crippen LogP contribution in [0.15, 0.2) is 0 Å². The van der Waals surface area contributed by atoms with Crippen molar-refractivity contribution in [2.24, 2.45) is 5.92 Å². The van der Waals surface area contributed by atoms with Crippen molar-refractivity contribution in [1.82, 2.24) is 10.0 Å². The fraction of sp³-hybridized carbons (Fsp3) is 1.00. The van der Waals surface area contributed by atoms with Crippen LogP contribution in [0.5, 0.6) is 0 Å². The van der Waals surface area contributed by atoms with Gasteiger partial charge >= 0.3 is 0 Å². The Bertz CT molecular complexity index is 310. The second-order valence-corrected chi connectivity index (χ2v) is 7.20. The number of sulfonamides is 1. The largest absolute Gasteiger partial charge is 0.313 e. The van der Waals surface area contributed by atoms with Gasteiger partial charge in [-0.05, 0) is 18.8 Å². The first-order valence-electron chi connectivity index (χ1n) is 6.66. The van der Waals surface area contributed by atoms with Crippen LogP contribution < -0.4 is 10.0 Å². The maximum absolute atomic E-state index is 11.8. The molecule has 0 heterocycles. The number of nitrogens with one attached hydrogen (secondary N) is 2. The third-order valence-electron chi connectivity index (χ3n) is 3.08. The van der Waals surface area contributed by atoms with Crippen LogP contribution in [0.25, 0.3) is 0 Å². The molecule has 1 aliphatic carbocycles. The van der Waals surface area contributed by atoms with E-state index in [9.17, 15) is 8.42 Å². The van der Waals surface area contributed by atoms with Crippen LogP contribution in [0.4, 0.5) is 0 Å². The van der Waals surface area contributed by atoms with Gasteiger partial charge in [0.15, 0.2) is 0 Å². The zero-order chi connectivity index (χ0) is 12.9. The van der Waals surface area contributed by atoms with E-state index in [-0.39, 0.29) is 11.8 Å². The summed E-state index contributed by atoms with van der Waals surface area (Å²) in [6.45, 7) is 6.60. The van der Waals surface area contributed by atoms with E-state index in [1.807, 2.05) is 20.8 Å². The zero-order valence-corrected chi connectivity index (χ0v) is 12.0. The molecule has 0 aromatic carbocycles. The molecule has 0 aromatic heterocycles. The van der Waals surface area contributed by atoms with Crippen molar-refractivity contribution in [2.75, 3.05) is 12.3 Å². The quantitative estimate of drug-likeness (QED) is 0.662. The van der Waals surface area contributed by atoms with E-state index in [0.717, 1.165) is 18.8 Å². The van der Waals surface area contributed by atoms with Gasteiger partial charge in [-0.3, -0.25) is 0 Å². The normalized spacial score (nSPS) is 18.6. The molecule has 1 unspecified atom stereocenters. The summed E-state index contributed by atoms with van der Waals surface area (Å²) in [4.78, 5) is 0. The third-order valence-corrected chi connectivity index (χ3v) is 4.51. The van der Waals surface area contributed by atoms with E-state index in [1.54, 1.807) is 0 Å². The second kappa shape index (κ2) is 6.71. The highest BCUT2D eigenvalue weighted by atomic mass is 32.2. The highest BCUT2D eigenvalue weighted by Crippen LogP contribution is 2.34. The first kappa shape index (κ1) is 14.9. The molecule has 0 saturated heterocycles. The summed E-state index contributed by atoms with van der Waals surface area (Å²) in [5.41, 5.74) is 0. The molecule has 0 radical (unpaired) electrons. The van der Waals surface area contributed by atoms with Gasteiger partial charge in [0.25, 0.3) is 0 Å². The Hall–Kier alpha value is -0.130. The fourth-order valence-corrected chi connectivity index (χ4v) is 3.12. The molecule has 1 saturated carbocycles. The standard InChI is InChI=1S/C12H26N2O2S/c1-4-12(9-11-5-6-11)14-17(15,16)8-7-13-10(2)3/h10-14H,4-9H2,1-3H3. The fourth-order valence-electron chi connectivity index (χ4n) is 1.85. The lowest BCUT2D eigenvalue weighted by Crippen LogP contribution is -2.39. The molecule has 0 aliphatic heterocycles. The summed E-state index contributed by atoms with van der Waals surface area (Å²) >= 11 is 0. The van der Waals surface area contributed by atoms with Crippen LogP contribution in [0, 0.1) is 5.92 Å². The summed E-state index contributed by atoms with van der Waals surface area (Å²) in [5, 5.41) is 3.13. The first-order chi connectivity index (χ1) is 7.93. The Balaban J connectivity index is 2.29. The van der Waals surface area contributed by atoms with Gasteiger partial charge in [-0.2, -0.15) is 0 Å². The average Bonchev–Trinajstić information content (AvgIpc) is 2.99. The molecular formula is C12H26N2O2S. The van der Waals surface area contributed by atoms with Gasteiger partial charge in [0.1, 0.15) is 0 Å². The molecule has 0 spiro atoms. The Morgan fingerprint density at radius 3 is 2.41 bits per heavy atom. The van der Waals surface area contributed by atoms with Gasteiger partial charge in [0.05, 0.1) is 5.75 Å². The molecule has 0 bridgehead atoms. The molecule has 4 nitrogen and oxygen atoms in total. The van der Waals surface area contributed by atoms with Crippen molar-refractivity contribution in [3.05, 3.63) is 0 Å². The lowest BCUT2D eigenvalue weighted by molar-refractivity contribution is 0.493. The first-order valence-corrected chi connectivity index (χ1v) is 8.31. The minimum absolute atomic E-state index is 0.131. The van der Waals surface area contributed by atoms with Crippen LogP contribution in [0.2, 0.25) is 0 Å². The Morgan fingerprint density at radius 1 is 1.29 bits per heavy atom. The highest BCUT2D eigenvalue weighted by Gasteiger charge is 2.26. The Kier molecular flexibility index (Phi) is 5.89. The molecular weight excluding hydrogens is 236 g/mol. The zero-order valence-electron chi connectivity index (χ0n) is 11.2. The molecule has 0 amide bonds. The highest BCUT2D eigenvalue weighted by molar-refractivity contribution is 7.89. The van der Waals surface area contributed by atoms with E-state index in [4.69, 9.17) is 0 Å².